The first-order valence-corrected chi connectivity index (χ1v) is 14.3. The minimum Gasteiger partial charge on any atom is -0.543 e. The molecule has 3 heterocycles. The van der Waals surface area contributed by atoms with Crippen LogP contribution in [0.25, 0.3) is 0 Å². The Morgan fingerprint density at radius 3 is 2.54 bits per heavy atom. The second kappa shape index (κ2) is 11.2. The molecule has 0 spiro atoms. The normalized spacial score (nSPS) is 19.3. The number of carboxylic acids is 1. The van der Waals surface area contributed by atoms with Gasteiger partial charge in [0.2, 0.25) is 5.91 Å². The van der Waals surface area contributed by atoms with Crippen LogP contribution in [0.5, 0.6) is 0 Å². The molecule has 4 rings (SSSR count). The molecule has 184 valence electrons. The molecule has 35 heavy (non-hydrogen) atoms. The molecule has 7 nitrogen and oxygen atoms in total. The summed E-state index contributed by atoms with van der Waals surface area (Å²) in [4.78, 5) is 40.0. The van der Waals surface area contributed by atoms with E-state index in [1.54, 1.807) is 6.07 Å². The Balaban J connectivity index is 1.38. The van der Waals surface area contributed by atoms with Crippen LogP contribution in [0.3, 0.4) is 0 Å². The van der Waals surface area contributed by atoms with Gasteiger partial charge in [-0.25, -0.2) is 4.57 Å². The molecule has 0 aliphatic carbocycles. The summed E-state index contributed by atoms with van der Waals surface area (Å²) in [6.45, 7) is 0. The predicted octanol–water partition coefficient (Wildman–Crippen LogP) is 2.76. The highest BCUT2D eigenvalue weighted by Gasteiger charge is 2.52. The Morgan fingerprint density at radius 2 is 1.86 bits per heavy atom. The molecule has 1 aromatic heterocycles. The summed E-state index contributed by atoms with van der Waals surface area (Å²) in [6, 6.07) is 6.14. The summed E-state index contributed by atoms with van der Waals surface area (Å²) in [7, 11) is 1.91. The summed E-state index contributed by atoms with van der Waals surface area (Å²) < 4.78 is 1.90. The first kappa shape index (κ1) is 26.5. The third-order valence-electron chi connectivity index (χ3n) is 5.25. The number of aliphatic carboxylic acids is 1. The number of carboxylic acid groups (broad SMARTS) is 1. The highest BCUT2D eigenvalue weighted by molar-refractivity contribution is 8.01. The van der Waals surface area contributed by atoms with Crippen LogP contribution in [-0.2, 0) is 21.4 Å². The number of carbonyl (C=O) groups excluding carboxylic acids is 3. The molecule has 0 bridgehead atoms. The van der Waals surface area contributed by atoms with Crippen molar-refractivity contribution in [3.8, 4) is 0 Å². The third-order valence-corrected chi connectivity index (χ3v) is 9.89. The predicted molar refractivity (Wildman–Crippen MR) is 138 cm³/mol. The molecule has 0 saturated carbocycles. The number of β-lactam (4-membered cyclic amide) rings is 1. The Bertz CT molecular complexity index is 1230. The molecule has 2 atom stereocenters. The molecule has 0 radical (unpaired) electrons. The van der Waals surface area contributed by atoms with Crippen molar-refractivity contribution >= 4 is 87.9 Å². The Morgan fingerprint density at radius 1 is 1.17 bits per heavy atom. The summed E-state index contributed by atoms with van der Waals surface area (Å²) >= 11 is 22.1. The topological polar surface area (TPSA) is 93.4 Å². The molecule has 2 aromatic rings. The van der Waals surface area contributed by atoms with E-state index in [0.717, 1.165) is 16.7 Å². The highest BCUT2D eigenvalue weighted by Crippen LogP contribution is 2.41. The van der Waals surface area contributed by atoms with Crippen LogP contribution >= 0.6 is 70.1 Å². The van der Waals surface area contributed by atoms with Crippen molar-refractivity contribution in [1.82, 2.24) is 10.2 Å². The first-order valence-electron chi connectivity index (χ1n) is 10.2. The molecule has 1 aromatic carbocycles. The number of nitrogens with zero attached hydrogens (tertiary/aromatic N) is 2. The lowest BCUT2D eigenvalue weighted by molar-refractivity contribution is -0.671. The molecule has 2 aliphatic heterocycles. The van der Waals surface area contributed by atoms with Crippen LogP contribution in [0, 0.1) is 0 Å². The average molecular weight is 591 g/mol. The van der Waals surface area contributed by atoms with Crippen molar-refractivity contribution in [3.63, 3.8) is 0 Å². The van der Waals surface area contributed by atoms with Gasteiger partial charge in [0.1, 0.15) is 18.5 Å². The van der Waals surface area contributed by atoms with Gasteiger partial charge in [0.25, 0.3) is 5.91 Å². The van der Waals surface area contributed by atoms with Crippen molar-refractivity contribution in [2.24, 2.45) is 7.05 Å². The smallest absolute Gasteiger partial charge is 0.253 e. The fraction of sp³-hybridized carbons (Fsp3) is 0.273. The maximum Gasteiger partial charge on any atom is 0.253 e. The summed E-state index contributed by atoms with van der Waals surface area (Å²) in [5.41, 5.74) is 0.516. The second-order valence-corrected chi connectivity index (χ2v) is 12.1. The number of hydrogen-bond donors (Lipinski definition) is 1. The van der Waals surface area contributed by atoms with E-state index in [-0.39, 0.29) is 17.4 Å². The molecule has 13 heteroatoms. The molecule has 2 aliphatic rings. The number of pyridine rings is 1. The van der Waals surface area contributed by atoms with Gasteiger partial charge in [0.15, 0.2) is 12.4 Å². The Hall–Kier alpha value is -1.56. The van der Waals surface area contributed by atoms with Gasteiger partial charge in [-0.3, -0.25) is 14.5 Å². The number of benzene rings is 1. The fourth-order valence-corrected chi connectivity index (χ4v) is 7.42. The standard InChI is InChI=1S/C22H18Cl3N3O4S3/c1-27-4-2-12(3-5-27)33-8-11-9-35-21-18(20(30)28(21)19(11)22(31)32)26-17(29)10-34-16-7-14(24)13(23)6-15(16)25/h2-7,18,21H,8-10H2,1H3,(H-,26,29,31,32)/t18-,21-/m1/s1. The minimum atomic E-state index is -1.40. The van der Waals surface area contributed by atoms with Gasteiger partial charge in [-0.15, -0.1) is 35.3 Å². The third kappa shape index (κ3) is 5.89. The lowest BCUT2D eigenvalue weighted by Crippen LogP contribution is -2.71. The number of aryl methyl sites for hydroxylation is 1. The van der Waals surface area contributed by atoms with Crippen molar-refractivity contribution in [1.29, 1.82) is 0 Å². The molecule has 0 unspecified atom stereocenters. The quantitative estimate of drug-likeness (QED) is 0.219. The number of amides is 2. The second-order valence-electron chi connectivity index (χ2n) is 7.67. The maximum absolute atomic E-state index is 12.8. The SMILES string of the molecule is C[n+]1ccc(SCC2=C(C(=O)[O-])N3C(=O)[C@@H](NC(=O)CSc4cc(Cl)c(Cl)cc4Cl)[C@H]3SC2)cc1. The van der Waals surface area contributed by atoms with Crippen molar-refractivity contribution < 1.29 is 24.1 Å². The number of halogens is 3. The number of aromatic nitrogens is 1. The van der Waals surface area contributed by atoms with Crippen LogP contribution in [0.15, 0.2) is 57.7 Å². The zero-order valence-electron chi connectivity index (χ0n) is 18.1. The van der Waals surface area contributed by atoms with E-state index in [2.05, 4.69) is 5.32 Å². The van der Waals surface area contributed by atoms with E-state index in [0.29, 0.717) is 37.0 Å². The van der Waals surface area contributed by atoms with E-state index in [9.17, 15) is 19.5 Å². The Labute approximate surface area is 229 Å². The summed E-state index contributed by atoms with van der Waals surface area (Å²) in [6.07, 6.45) is 3.81. The number of thioether (sulfide) groups is 3. The molecular weight excluding hydrogens is 573 g/mol. The van der Waals surface area contributed by atoms with Crippen LogP contribution in [0.4, 0.5) is 0 Å². The summed E-state index contributed by atoms with van der Waals surface area (Å²) in [5, 5.41) is 15.1. The number of nitrogens with one attached hydrogen (secondary N) is 1. The van der Waals surface area contributed by atoms with Crippen molar-refractivity contribution in [3.05, 3.63) is 63.0 Å². The number of hydrogen-bond acceptors (Lipinski definition) is 7. The zero-order valence-corrected chi connectivity index (χ0v) is 22.8. The van der Waals surface area contributed by atoms with Gasteiger partial charge in [-0.05, 0) is 17.7 Å². The van der Waals surface area contributed by atoms with E-state index >= 15 is 0 Å². The molecular formula is C22H18Cl3N3O4S3. The molecule has 2 amide bonds. The van der Waals surface area contributed by atoms with Gasteiger partial charge in [-0.2, -0.15) is 0 Å². The summed E-state index contributed by atoms with van der Waals surface area (Å²) in [5.74, 6) is -1.41. The Kier molecular flexibility index (Phi) is 8.50. The molecule has 1 saturated heterocycles. The van der Waals surface area contributed by atoms with Crippen LogP contribution in [-0.4, -0.2) is 51.4 Å². The van der Waals surface area contributed by atoms with Gasteiger partial charge in [-0.1, -0.05) is 34.8 Å². The fourth-order valence-electron chi connectivity index (χ4n) is 3.51. The van der Waals surface area contributed by atoms with Gasteiger partial charge in [0, 0.05) is 33.4 Å². The number of rotatable bonds is 8. The van der Waals surface area contributed by atoms with Crippen LogP contribution in [0.2, 0.25) is 15.1 Å². The maximum atomic E-state index is 12.8. The van der Waals surface area contributed by atoms with Crippen molar-refractivity contribution in [2.75, 3.05) is 17.3 Å². The van der Waals surface area contributed by atoms with E-state index in [1.807, 2.05) is 36.1 Å². The lowest BCUT2D eigenvalue weighted by Gasteiger charge is -2.50. The van der Waals surface area contributed by atoms with E-state index in [4.69, 9.17) is 34.8 Å². The largest absolute Gasteiger partial charge is 0.543 e. The minimum absolute atomic E-state index is 0.00123. The van der Waals surface area contributed by atoms with Gasteiger partial charge < -0.3 is 15.2 Å². The monoisotopic (exact) mass is 589 g/mol. The molecule has 1 N–H and O–H groups in total. The lowest BCUT2D eigenvalue weighted by atomic mass is 10.0. The average Bonchev–Trinajstić information content (AvgIpc) is 2.82. The van der Waals surface area contributed by atoms with Gasteiger partial charge in [0.05, 0.1) is 32.5 Å². The number of carbonyl (C=O) groups is 3. The van der Waals surface area contributed by atoms with E-state index in [1.165, 1.54) is 34.5 Å². The molecule has 1 fully saturated rings. The van der Waals surface area contributed by atoms with Crippen LogP contribution < -0.4 is 15.0 Å². The first-order chi connectivity index (χ1) is 16.7. The highest BCUT2D eigenvalue weighted by atomic mass is 35.5. The number of fused-ring (bicyclic) bond motifs is 1. The van der Waals surface area contributed by atoms with E-state index < -0.39 is 23.3 Å². The van der Waals surface area contributed by atoms with Crippen LogP contribution in [0.1, 0.15) is 0 Å². The van der Waals surface area contributed by atoms with Gasteiger partial charge >= 0.3 is 0 Å². The zero-order chi connectivity index (χ0) is 25.3. The van der Waals surface area contributed by atoms with Crippen molar-refractivity contribution in [2.45, 2.75) is 21.2 Å².